The van der Waals surface area contributed by atoms with E-state index in [4.69, 9.17) is 14.2 Å². The number of methoxy groups -OCH3 is 1. The third-order valence-electron chi connectivity index (χ3n) is 9.76. The first-order chi connectivity index (χ1) is 15.6. The molecule has 1 saturated heterocycles. The van der Waals surface area contributed by atoms with Gasteiger partial charge in [-0.15, -0.1) is 0 Å². The molecule has 5 heteroatoms. The molecule has 6 atom stereocenters. The van der Waals surface area contributed by atoms with Crippen LogP contribution in [0.25, 0.3) is 0 Å². The second kappa shape index (κ2) is 6.49. The Hall–Kier alpha value is -2.08. The molecule has 2 aliphatic heterocycles. The highest BCUT2D eigenvalue weighted by atomic mass is 16.6. The Balaban J connectivity index is 1.31. The molecule has 32 heavy (non-hydrogen) atoms. The van der Waals surface area contributed by atoms with Crippen molar-refractivity contribution >= 4 is 0 Å². The molecule has 0 amide bonds. The van der Waals surface area contributed by atoms with E-state index in [0.717, 1.165) is 44.4 Å². The van der Waals surface area contributed by atoms with E-state index in [0.29, 0.717) is 19.3 Å². The van der Waals surface area contributed by atoms with E-state index in [9.17, 15) is 5.11 Å². The van der Waals surface area contributed by atoms with Crippen LogP contribution in [-0.2, 0) is 27.9 Å². The van der Waals surface area contributed by atoms with Crippen molar-refractivity contribution < 1.29 is 19.3 Å². The summed E-state index contributed by atoms with van der Waals surface area (Å²) in [6, 6.07) is 14.8. The molecule has 6 aliphatic rings. The summed E-state index contributed by atoms with van der Waals surface area (Å²) in [5.74, 6) is 1.28. The van der Waals surface area contributed by atoms with Crippen LogP contribution in [0.2, 0.25) is 0 Å². The maximum absolute atomic E-state index is 10.8. The van der Waals surface area contributed by atoms with E-state index >= 15 is 0 Å². The monoisotopic (exact) mass is 433 g/mol. The first-order valence-electron chi connectivity index (χ1n) is 12.1. The predicted octanol–water partition coefficient (Wildman–Crippen LogP) is 3.71. The maximum Gasteiger partial charge on any atom is 0.165 e. The summed E-state index contributed by atoms with van der Waals surface area (Å²) in [4.78, 5) is 0. The first-order valence-corrected chi connectivity index (χ1v) is 12.1. The molecule has 4 bridgehead atoms. The summed E-state index contributed by atoms with van der Waals surface area (Å²) < 4.78 is 19.5. The number of hydrogen-bond donors (Lipinski definition) is 2. The maximum atomic E-state index is 10.8. The van der Waals surface area contributed by atoms with Gasteiger partial charge in [-0.3, -0.25) is 0 Å². The zero-order valence-corrected chi connectivity index (χ0v) is 18.6. The molecule has 3 unspecified atom stereocenters. The van der Waals surface area contributed by atoms with Crippen molar-refractivity contribution in [1.82, 2.24) is 5.32 Å². The summed E-state index contributed by atoms with van der Waals surface area (Å²) in [5.41, 5.74) is 3.51. The smallest absolute Gasteiger partial charge is 0.165 e. The van der Waals surface area contributed by atoms with E-state index in [-0.39, 0.29) is 34.2 Å². The lowest BCUT2D eigenvalue weighted by molar-refractivity contribution is -0.271. The van der Waals surface area contributed by atoms with Gasteiger partial charge in [-0.25, -0.2) is 0 Å². The Morgan fingerprint density at radius 2 is 2.00 bits per heavy atom. The van der Waals surface area contributed by atoms with Crippen molar-refractivity contribution in [3.05, 3.63) is 59.2 Å². The van der Waals surface area contributed by atoms with Gasteiger partial charge in [0.25, 0.3) is 0 Å². The molecule has 2 heterocycles. The van der Waals surface area contributed by atoms with Crippen LogP contribution in [0.4, 0.5) is 0 Å². The van der Waals surface area contributed by atoms with E-state index in [1.54, 1.807) is 0 Å². The van der Waals surface area contributed by atoms with Gasteiger partial charge in [-0.2, -0.15) is 0 Å². The Bertz CT molecular complexity index is 1070. The standard InChI is InChI=1S/C27H31NO4/c1-30-27-10-9-25(14-19(27)16-31-15-17-5-3-2-4-6-17)21-13-18-7-8-20(29)23-22(18)26(25,11-12-28-21)24(27)32-23/h2-8,19,21,24,28-29H,9-16H2,1H3/t19-,21-,24-,25?,26?,27?/m1/s1. The molecular weight excluding hydrogens is 402 g/mol. The molecule has 3 saturated carbocycles. The van der Waals surface area contributed by atoms with Gasteiger partial charge in [-0.05, 0) is 55.8 Å². The highest BCUT2D eigenvalue weighted by molar-refractivity contribution is 5.63. The van der Waals surface area contributed by atoms with Gasteiger partial charge in [0.2, 0.25) is 0 Å². The molecule has 2 spiro atoms. The highest BCUT2D eigenvalue weighted by Crippen LogP contribution is 2.75. The molecule has 168 valence electrons. The lowest BCUT2D eigenvalue weighted by Gasteiger charge is -2.72. The third kappa shape index (κ3) is 2.11. The van der Waals surface area contributed by atoms with Crippen LogP contribution in [0.3, 0.4) is 0 Å². The quantitative estimate of drug-likeness (QED) is 0.753. The molecule has 2 aromatic carbocycles. The summed E-state index contributed by atoms with van der Waals surface area (Å²) in [7, 11) is 1.85. The molecule has 8 rings (SSSR count). The summed E-state index contributed by atoms with van der Waals surface area (Å²) in [5, 5.41) is 14.7. The number of hydrogen-bond acceptors (Lipinski definition) is 5. The van der Waals surface area contributed by atoms with Crippen molar-refractivity contribution in [3.8, 4) is 11.5 Å². The number of benzene rings is 2. The van der Waals surface area contributed by atoms with Crippen molar-refractivity contribution in [2.75, 3.05) is 20.3 Å². The Morgan fingerprint density at radius 3 is 2.84 bits per heavy atom. The normalized spacial score (nSPS) is 40.1. The second-order valence-corrected chi connectivity index (χ2v) is 10.6. The average Bonchev–Trinajstić information content (AvgIpc) is 3.18. The Morgan fingerprint density at radius 1 is 1.12 bits per heavy atom. The van der Waals surface area contributed by atoms with Crippen molar-refractivity contribution in [2.24, 2.45) is 11.3 Å². The molecule has 2 N–H and O–H groups in total. The zero-order valence-electron chi connectivity index (χ0n) is 18.6. The van der Waals surface area contributed by atoms with Crippen LogP contribution in [0.1, 0.15) is 42.4 Å². The minimum Gasteiger partial charge on any atom is -0.504 e. The second-order valence-electron chi connectivity index (χ2n) is 10.6. The molecule has 0 aromatic heterocycles. The van der Waals surface area contributed by atoms with E-state index in [1.165, 1.54) is 16.7 Å². The minimum absolute atomic E-state index is 0.0697. The van der Waals surface area contributed by atoms with Gasteiger partial charge in [0.15, 0.2) is 11.5 Å². The largest absolute Gasteiger partial charge is 0.504 e. The van der Waals surface area contributed by atoms with Crippen molar-refractivity contribution in [1.29, 1.82) is 0 Å². The topological polar surface area (TPSA) is 60.0 Å². The first kappa shape index (κ1) is 19.4. The fourth-order valence-corrected chi connectivity index (χ4v) is 8.58. The molecule has 5 nitrogen and oxygen atoms in total. The van der Waals surface area contributed by atoms with Crippen LogP contribution in [0.5, 0.6) is 11.5 Å². The summed E-state index contributed by atoms with van der Waals surface area (Å²) in [6.45, 7) is 2.28. The molecule has 0 radical (unpaired) electrons. The van der Waals surface area contributed by atoms with Crippen LogP contribution in [-0.4, -0.2) is 43.1 Å². The zero-order chi connectivity index (χ0) is 21.6. The number of nitrogens with one attached hydrogen (secondary N) is 1. The number of fused-ring (bicyclic) bond motifs is 2. The lowest BCUT2D eigenvalue weighted by Crippen LogP contribution is -2.81. The van der Waals surface area contributed by atoms with Gasteiger partial charge in [0.05, 0.1) is 13.2 Å². The van der Waals surface area contributed by atoms with Gasteiger partial charge in [0.1, 0.15) is 11.7 Å². The van der Waals surface area contributed by atoms with Gasteiger partial charge in [0, 0.05) is 35.5 Å². The number of piperidine rings is 1. The molecular formula is C27H31NO4. The number of phenolic OH excluding ortho intramolecular Hbond substituents is 1. The SMILES string of the molecule is COC12CCC3(C[C@@H]1COCc1ccccc1)[C@H]1Cc4ccc(O)c5c4C3(CCN1)[C@H]2O5. The van der Waals surface area contributed by atoms with Crippen LogP contribution >= 0.6 is 0 Å². The molecule has 4 aliphatic carbocycles. The Labute approximate surface area is 189 Å². The van der Waals surface area contributed by atoms with Gasteiger partial charge < -0.3 is 24.6 Å². The number of rotatable bonds is 5. The van der Waals surface area contributed by atoms with Crippen LogP contribution in [0, 0.1) is 11.3 Å². The molecule has 2 aromatic rings. The van der Waals surface area contributed by atoms with Crippen molar-refractivity contribution in [3.63, 3.8) is 0 Å². The number of ether oxygens (including phenoxy) is 3. The van der Waals surface area contributed by atoms with Crippen molar-refractivity contribution in [2.45, 2.75) is 61.9 Å². The van der Waals surface area contributed by atoms with Gasteiger partial charge >= 0.3 is 0 Å². The number of phenols is 1. The predicted molar refractivity (Wildman–Crippen MR) is 120 cm³/mol. The summed E-state index contributed by atoms with van der Waals surface area (Å²) in [6.07, 6.45) is 5.19. The van der Waals surface area contributed by atoms with E-state index < -0.39 is 0 Å². The Kier molecular flexibility index (Phi) is 3.94. The fourth-order valence-electron chi connectivity index (χ4n) is 8.58. The van der Waals surface area contributed by atoms with Gasteiger partial charge in [-0.1, -0.05) is 36.4 Å². The van der Waals surface area contributed by atoms with E-state index in [1.807, 2.05) is 19.2 Å². The lowest BCUT2D eigenvalue weighted by atomic mass is 9.35. The average molecular weight is 434 g/mol. The van der Waals surface area contributed by atoms with Crippen LogP contribution < -0.4 is 10.1 Å². The highest BCUT2D eigenvalue weighted by Gasteiger charge is 2.79. The minimum atomic E-state index is -0.388. The molecule has 4 fully saturated rings. The number of aromatic hydroxyl groups is 1. The third-order valence-corrected chi connectivity index (χ3v) is 9.76. The summed E-state index contributed by atoms with van der Waals surface area (Å²) >= 11 is 0. The fraction of sp³-hybridized carbons (Fsp3) is 0.556. The van der Waals surface area contributed by atoms with Crippen LogP contribution in [0.15, 0.2) is 42.5 Å². The van der Waals surface area contributed by atoms with E-state index in [2.05, 4.69) is 35.6 Å².